The zero-order valence-electron chi connectivity index (χ0n) is 13.7. The standard InChI is InChI=1S/C16H23ClN2O3S/c1-16(2,3)18-15(20)12-5-4-10-19(11-12)23(21,22)14-8-6-13(17)7-9-14/h6-9,12H,4-5,10-11H2,1-3H3,(H,18,20)/t12-/m1/s1. The lowest BCUT2D eigenvalue weighted by Gasteiger charge is -2.33. The summed E-state index contributed by atoms with van der Waals surface area (Å²) in [5.41, 5.74) is -0.325. The van der Waals surface area contributed by atoms with Gasteiger partial charge in [-0.15, -0.1) is 0 Å². The van der Waals surface area contributed by atoms with Gasteiger partial charge in [0.1, 0.15) is 0 Å². The first-order valence-electron chi connectivity index (χ1n) is 7.67. The van der Waals surface area contributed by atoms with Crippen LogP contribution in [0, 0.1) is 5.92 Å². The lowest BCUT2D eigenvalue weighted by atomic mass is 9.97. The average Bonchev–Trinajstić information content (AvgIpc) is 2.46. The highest BCUT2D eigenvalue weighted by atomic mass is 35.5. The Morgan fingerprint density at radius 2 is 1.87 bits per heavy atom. The van der Waals surface area contributed by atoms with E-state index >= 15 is 0 Å². The largest absolute Gasteiger partial charge is 0.351 e. The first-order chi connectivity index (χ1) is 10.6. The number of piperidine rings is 1. The van der Waals surface area contributed by atoms with E-state index in [4.69, 9.17) is 11.6 Å². The highest BCUT2D eigenvalue weighted by Crippen LogP contribution is 2.25. The number of carbonyl (C=O) groups is 1. The molecule has 1 N–H and O–H groups in total. The monoisotopic (exact) mass is 358 g/mol. The van der Waals surface area contributed by atoms with E-state index in [2.05, 4.69) is 5.32 Å². The maximum Gasteiger partial charge on any atom is 0.243 e. The summed E-state index contributed by atoms with van der Waals surface area (Å²) in [5.74, 6) is -0.404. The van der Waals surface area contributed by atoms with Gasteiger partial charge >= 0.3 is 0 Å². The van der Waals surface area contributed by atoms with Crippen molar-refractivity contribution in [2.75, 3.05) is 13.1 Å². The number of sulfonamides is 1. The fourth-order valence-corrected chi connectivity index (χ4v) is 4.25. The lowest BCUT2D eigenvalue weighted by Crippen LogP contribution is -2.49. The summed E-state index contributed by atoms with van der Waals surface area (Å²) in [6.07, 6.45) is 1.38. The summed E-state index contributed by atoms with van der Waals surface area (Å²) < 4.78 is 26.8. The van der Waals surface area contributed by atoms with Crippen LogP contribution in [-0.2, 0) is 14.8 Å². The molecule has 128 valence electrons. The molecule has 0 bridgehead atoms. The number of nitrogens with one attached hydrogen (secondary N) is 1. The van der Waals surface area contributed by atoms with Crippen molar-refractivity contribution < 1.29 is 13.2 Å². The molecule has 0 unspecified atom stereocenters. The summed E-state index contributed by atoms with van der Waals surface area (Å²) in [6.45, 7) is 6.39. The number of nitrogens with zero attached hydrogens (tertiary/aromatic N) is 1. The van der Waals surface area contributed by atoms with Gasteiger partial charge in [-0.3, -0.25) is 4.79 Å². The van der Waals surface area contributed by atoms with Gasteiger partial charge in [-0.1, -0.05) is 11.6 Å². The van der Waals surface area contributed by atoms with E-state index < -0.39 is 10.0 Å². The Balaban J connectivity index is 2.14. The fourth-order valence-electron chi connectivity index (χ4n) is 2.60. The van der Waals surface area contributed by atoms with Crippen molar-refractivity contribution in [1.29, 1.82) is 0 Å². The topological polar surface area (TPSA) is 66.5 Å². The van der Waals surface area contributed by atoms with Gasteiger partial charge in [0, 0.05) is 23.7 Å². The van der Waals surface area contributed by atoms with Gasteiger partial charge in [0.2, 0.25) is 15.9 Å². The molecule has 1 saturated heterocycles. The van der Waals surface area contributed by atoms with Gasteiger partial charge in [0.25, 0.3) is 0 Å². The Morgan fingerprint density at radius 3 is 2.43 bits per heavy atom. The molecule has 1 atom stereocenters. The molecular weight excluding hydrogens is 336 g/mol. The molecule has 1 fully saturated rings. The predicted octanol–water partition coefficient (Wildman–Crippen LogP) is 2.66. The fraction of sp³-hybridized carbons (Fsp3) is 0.562. The van der Waals surface area contributed by atoms with E-state index in [9.17, 15) is 13.2 Å². The normalized spacial score (nSPS) is 20.3. The molecule has 1 amide bonds. The minimum absolute atomic E-state index is 0.0893. The first kappa shape index (κ1) is 18.2. The maximum atomic E-state index is 12.7. The molecule has 1 aromatic carbocycles. The summed E-state index contributed by atoms with van der Waals surface area (Å²) in [4.78, 5) is 12.5. The maximum absolute atomic E-state index is 12.7. The van der Waals surface area contributed by atoms with Gasteiger partial charge in [-0.25, -0.2) is 8.42 Å². The second-order valence-electron chi connectivity index (χ2n) is 6.90. The number of halogens is 1. The highest BCUT2D eigenvalue weighted by molar-refractivity contribution is 7.89. The third-order valence-electron chi connectivity index (χ3n) is 3.70. The Labute approximate surface area is 143 Å². The average molecular weight is 359 g/mol. The minimum Gasteiger partial charge on any atom is -0.351 e. The van der Waals surface area contributed by atoms with Crippen LogP contribution in [0.5, 0.6) is 0 Å². The molecule has 1 aliphatic heterocycles. The Hall–Kier alpha value is -1.11. The molecule has 0 radical (unpaired) electrons. The number of hydrogen-bond donors (Lipinski definition) is 1. The van der Waals surface area contributed by atoms with Gasteiger partial charge < -0.3 is 5.32 Å². The van der Waals surface area contributed by atoms with Crippen molar-refractivity contribution in [3.63, 3.8) is 0 Å². The number of benzene rings is 1. The van der Waals surface area contributed by atoms with Crippen LogP contribution >= 0.6 is 11.6 Å². The molecular formula is C16H23ClN2O3S. The van der Waals surface area contributed by atoms with Crippen LogP contribution in [-0.4, -0.2) is 37.3 Å². The third-order valence-corrected chi connectivity index (χ3v) is 5.84. The van der Waals surface area contributed by atoms with Crippen LogP contribution in [0.1, 0.15) is 33.6 Å². The van der Waals surface area contributed by atoms with Crippen LogP contribution in [0.25, 0.3) is 0 Å². The summed E-state index contributed by atoms with van der Waals surface area (Å²) in [7, 11) is -3.59. The van der Waals surface area contributed by atoms with E-state index in [0.29, 0.717) is 24.4 Å². The molecule has 1 aliphatic rings. The molecule has 0 spiro atoms. The van der Waals surface area contributed by atoms with Crippen molar-refractivity contribution in [2.45, 2.75) is 44.0 Å². The smallest absolute Gasteiger partial charge is 0.243 e. The van der Waals surface area contributed by atoms with Crippen LogP contribution in [0.3, 0.4) is 0 Å². The molecule has 0 saturated carbocycles. The number of hydrogen-bond acceptors (Lipinski definition) is 3. The van der Waals surface area contributed by atoms with Crippen LogP contribution in [0.15, 0.2) is 29.2 Å². The molecule has 1 aromatic rings. The van der Waals surface area contributed by atoms with Crippen LogP contribution in [0.4, 0.5) is 0 Å². The zero-order chi connectivity index (χ0) is 17.3. The molecule has 2 rings (SSSR count). The zero-order valence-corrected chi connectivity index (χ0v) is 15.2. The number of rotatable bonds is 3. The SMILES string of the molecule is CC(C)(C)NC(=O)[C@@H]1CCCN(S(=O)(=O)c2ccc(Cl)cc2)C1. The van der Waals surface area contributed by atoms with E-state index in [0.717, 1.165) is 0 Å². The summed E-state index contributed by atoms with van der Waals surface area (Å²) >= 11 is 5.81. The summed E-state index contributed by atoms with van der Waals surface area (Å²) in [5, 5.41) is 3.42. The van der Waals surface area contributed by atoms with Gasteiger partial charge in [-0.05, 0) is 57.9 Å². The Morgan fingerprint density at radius 1 is 1.26 bits per heavy atom. The van der Waals surface area contributed by atoms with Crippen molar-refractivity contribution >= 4 is 27.5 Å². The molecule has 7 heteroatoms. The van der Waals surface area contributed by atoms with Crippen molar-refractivity contribution in [1.82, 2.24) is 9.62 Å². The van der Waals surface area contributed by atoms with E-state index in [1.54, 1.807) is 12.1 Å². The first-order valence-corrected chi connectivity index (χ1v) is 9.49. The second-order valence-corrected chi connectivity index (χ2v) is 9.27. The van der Waals surface area contributed by atoms with Gasteiger partial charge in [0.05, 0.1) is 10.8 Å². The van der Waals surface area contributed by atoms with E-state index in [-0.39, 0.29) is 28.8 Å². The van der Waals surface area contributed by atoms with Crippen LogP contribution < -0.4 is 5.32 Å². The quantitative estimate of drug-likeness (QED) is 0.903. The Kier molecular flexibility index (Phi) is 5.38. The minimum atomic E-state index is -3.59. The molecule has 0 aromatic heterocycles. The van der Waals surface area contributed by atoms with Crippen molar-refractivity contribution in [2.24, 2.45) is 5.92 Å². The Bertz CT molecular complexity index is 666. The van der Waals surface area contributed by atoms with Gasteiger partial charge in [-0.2, -0.15) is 4.31 Å². The number of amides is 1. The van der Waals surface area contributed by atoms with E-state index in [1.165, 1.54) is 16.4 Å². The molecule has 0 aliphatic carbocycles. The lowest BCUT2D eigenvalue weighted by molar-refractivity contribution is -0.127. The molecule has 5 nitrogen and oxygen atoms in total. The van der Waals surface area contributed by atoms with Crippen LogP contribution in [0.2, 0.25) is 5.02 Å². The number of carbonyl (C=O) groups excluding carboxylic acids is 1. The molecule has 23 heavy (non-hydrogen) atoms. The molecule has 1 heterocycles. The van der Waals surface area contributed by atoms with Gasteiger partial charge in [0.15, 0.2) is 0 Å². The third kappa shape index (κ3) is 4.68. The van der Waals surface area contributed by atoms with Crippen molar-refractivity contribution in [3.05, 3.63) is 29.3 Å². The van der Waals surface area contributed by atoms with E-state index in [1.807, 2.05) is 20.8 Å². The predicted molar refractivity (Wildman–Crippen MR) is 90.8 cm³/mol. The van der Waals surface area contributed by atoms with Crippen molar-refractivity contribution in [3.8, 4) is 0 Å². The highest BCUT2D eigenvalue weighted by Gasteiger charge is 2.34. The second kappa shape index (κ2) is 6.79. The summed E-state index contributed by atoms with van der Waals surface area (Å²) in [6, 6.07) is 6.11.